The first-order valence-corrected chi connectivity index (χ1v) is 8.33. The van der Waals surface area contributed by atoms with Gasteiger partial charge in [-0.05, 0) is 35.8 Å². The molecule has 2 fully saturated rings. The summed E-state index contributed by atoms with van der Waals surface area (Å²) in [5.74, 6) is 1.99. The Morgan fingerprint density at radius 1 is 1.21 bits per heavy atom. The van der Waals surface area contributed by atoms with Gasteiger partial charge in [0, 0.05) is 17.8 Å². The van der Waals surface area contributed by atoms with E-state index >= 15 is 0 Å². The van der Waals surface area contributed by atoms with Crippen molar-refractivity contribution in [3.63, 3.8) is 0 Å². The molecule has 19 heavy (non-hydrogen) atoms. The van der Waals surface area contributed by atoms with Gasteiger partial charge in [-0.1, -0.05) is 53.0 Å². The number of benzene rings is 1. The van der Waals surface area contributed by atoms with Crippen LogP contribution in [-0.2, 0) is 16.7 Å². The summed E-state index contributed by atoms with van der Waals surface area (Å²) < 4.78 is 0. The zero-order valence-corrected chi connectivity index (χ0v) is 12.7. The normalized spacial score (nSPS) is 28.6. The van der Waals surface area contributed by atoms with Crippen LogP contribution in [0.2, 0.25) is 0 Å². The summed E-state index contributed by atoms with van der Waals surface area (Å²) in [6.45, 7) is 0.662. The Morgan fingerprint density at radius 2 is 1.89 bits per heavy atom. The fourth-order valence-corrected chi connectivity index (χ4v) is 3.86. The van der Waals surface area contributed by atoms with Crippen LogP contribution in [0.3, 0.4) is 0 Å². The standard InChI is InChI=1S/C16H20BrNO/c17-9-11-4-3-5-12(8-11)10-18-16(19)15-13-6-1-2-7-14(13)15/h3-5,8,13-15H,1-2,6-7,9-10H2,(H,18,19). The topological polar surface area (TPSA) is 29.1 Å². The zero-order chi connectivity index (χ0) is 13.2. The summed E-state index contributed by atoms with van der Waals surface area (Å²) in [5, 5.41) is 3.98. The molecule has 2 nitrogen and oxygen atoms in total. The number of halogens is 1. The van der Waals surface area contributed by atoms with E-state index in [2.05, 4.69) is 45.5 Å². The predicted octanol–water partition coefficient (Wildman–Crippen LogP) is 3.63. The van der Waals surface area contributed by atoms with Crippen molar-refractivity contribution < 1.29 is 4.79 Å². The van der Waals surface area contributed by atoms with Crippen LogP contribution in [0, 0.1) is 17.8 Å². The Morgan fingerprint density at radius 3 is 2.58 bits per heavy atom. The lowest BCUT2D eigenvalue weighted by molar-refractivity contribution is -0.123. The van der Waals surface area contributed by atoms with Crippen molar-refractivity contribution in [3.05, 3.63) is 35.4 Å². The average Bonchev–Trinajstić information content (AvgIpc) is 3.19. The van der Waals surface area contributed by atoms with Crippen LogP contribution in [0.25, 0.3) is 0 Å². The second-order valence-corrected chi connectivity index (χ2v) is 6.37. The molecular weight excluding hydrogens is 302 g/mol. The van der Waals surface area contributed by atoms with Gasteiger partial charge in [-0.25, -0.2) is 0 Å². The molecule has 0 saturated heterocycles. The molecular formula is C16H20BrNO. The molecule has 2 aliphatic rings. The fourth-order valence-electron chi connectivity index (χ4n) is 3.51. The van der Waals surface area contributed by atoms with Gasteiger partial charge in [0.25, 0.3) is 0 Å². The van der Waals surface area contributed by atoms with Gasteiger partial charge in [-0.2, -0.15) is 0 Å². The quantitative estimate of drug-likeness (QED) is 0.843. The molecule has 2 aliphatic carbocycles. The third-order valence-corrected chi connectivity index (χ3v) is 5.22. The van der Waals surface area contributed by atoms with E-state index in [4.69, 9.17) is 0 Å². The first kappa shape index (κ1) is 13.2. The molecule has 2 atom stereocenters. The summed E-state index contributed by atoms with van der Waals surface area (Å²) in [6.07, 6.45) is 5.17. The molecule has 1 N–H and O–H groups in total. The number of fused-ring (bicyclic) bond motifs is 1. The minimum Gasteiger partial charge on any atom is -0.352 e. The van der Waals surface area contributed by atoms with Crippen LogP contribution in [0.4, 0.5) is 0 Å². The summed E-state index contributed by atoms with van der Waals surface area (Å²) in [5.41, 5.74) is 2.45. The molecule has 0 aliphatic heterocycles. The summed E-state index contributed by atoms with van der Waals surface area (Å²) in [4.78, 5) is 12.2. The molecule has 2 saturated carbocycles. The lowest BCUT2D eigenvalue weighted by atomic mass is 10.0. The van der Waals surface area contributed by atoms with Crippen LogP contribution in [0.5, 0.6) is 0 Å². The lowest BCUT2D eigenvalue weighted by Gasteiger charge is -2.06. The van der Waals surface area contributed by atoms with E-state index in [9.17, 15) is 4.79 Å². The number of alkyl halides is 1. The van der Waals surface area contributed by atoms with Crippen molar-refractivity contribution in [1.29, 1.82) is 0 Å². The molecule has 1 aromatic carbocycles. The molecule has 0 bridgehead atoms. The second-order valence-electron chi connectivity index (χ2n) is 5.81. The fraction of sp³-hybridized carbons (Fsp3) is 0.562. The molecule has 3 heteroatoms. The highest BCUT2D eigenvalue weighted by molar-refractivity contribution is 9.08. The summed E-state index contributed by atoms with van der Waals surface area (Å²) >= 11 is 3.46. The van der Waals surface area contributed by atoms with Gasteiger partial charge in [-0.3, -0.25) is 4.79 Å². The average molecular weight is 322 g/mol. The number of hydrogen-bond acceptors (Lipinski definition) is 1. The Balaban J connectivity index is 1.53. The monoisotopic (exact) mass is 321 g/mol. The van der Waals surface area contributed by atoms with Crippen molar-refractivity contribution in [2.45, 2.75) is 37.6 Å². The molecule has 3 rings (SSSR count). The molecule has 102 valence electrons. The van der Waals surface area contributed by atoms with Crippen molar-refractivity contribution in [1.82, 2.24) is 5.32 Å². The minimum absolute atomic E-state index is 0.279. The maximum atomic E-state index is 12.2. The zero-order valence-electron chi connectivity index (χ0n) is 11.1. The van der Waals surface area contributed by atoms with Crippen LogP contribution < -0.4 is 5.32 Å². The van der Waals surface area contributed by atoms with Crippen molar-refractivity contribution >= 4 is 21.8 Å². The molecule has 0 spiro atoms. The molecule has 0 aromatic heterocycles. The summed E-state index contributed by atoms with van der Waals surface area (Å²) in [7, 11) is 0. The van der Waals surface area contributed by atoms with E-state index in [0.29, 0.717) is 24.3 Å². The van der Waals surface area contributed by atoms with Crippen molar-refractivity contribution in [2.24, 2.45) is 17.8 Å². The van der Waals surface area contributed by atoms with Crippen LogP contribution in [0.15, 0.2) is 24.3 Å². The number of hydrogen-bond donors (Lipinski definition) is 1. The third kappa shape index (κ3) is 2.86. The Labute approximate surface area is 123 Å². The highest BCUT2D eigenvalue weighted by Crippen LogP contribution is 2.55. The van der Waals surface area contributed by atoms with Gasteiger partial charge in [0.05, 0.1) is 0 Å². The van der Waals surface area contributed by atoms with E-state index in [1.807, 2.05) is 0 Å². The Kier molecular flexibility index (Phi) is 3.92. The van der Waals surface area contributed by atoms with Gasteiger partial charge in [0.1, 0.15) is 0 Å². The number of carbonyl (C=O) groups excluding carboxylic acids is 1. The first-order chi connectivity index (χ1) is 9.29. The number of rotatable bonds is 4. The minimum atomic E-state index is 0.279. The van der Waals surface area contributed by atoms with E-state index in [-0.39, 0.29) is 5.91 Å². The van der Waals surface area contributed by atoms with Crippen molar-refractivity contribution in [3.8, 4) is 0 Å². The number of amides is 1. The third-order valence-electron chi connectivity index (χ3n) is 4.57. The van der Waals surface area contributed by atoms with E-state index in [0.717, 1.165) is 5.33 Å². The molecule has 0 radical (unpaired) electrons. The molecule has 0 heterocycles. The molecule has 1 amide bonds. The van der Waals surface area contributed by atoms with Gasteiger partial charge >= 0.3 is 0 Å². The summed E-state index contributed by atoms with van der Waals surface area (Å²) in [6, 6.07) is 8.37. The van der Waals surface area contributed by atoms with Crippen LogP contribution in [0.1, 0.15) is 36.8 Å². The SMILES string of the molecule is O=C(NCc1cccc(CBr)c1)C1C2CCCCC21. The van der Waals surface area contributed by atoms with Gasteiger partial charge in [0.2, 0.25) is 5.91 Å². The maximum absolute atomic E-state index is 12.2. The van der Waals surface area contributed by atoms with Gasteiger partial charge in [-0.15, -0.1) is 0 Å². The first-order valence-electron chi connectivity index (χ1n) is 7.21. The lowest BCUT2D eigenvalue weighted by Crippen LogP contribution is -2.25. The van der Waals surface area contributed by atoms with E-state index in [1.54, 1.807) is 0 Å². The molecule has 2 unspecified atom stereocenters. The second kappa shape index (κ2) is 5.66. The maximum Gasteiger partial charge on any atom is 0.223 e. The Hall–Kier alpha value is -0.830. The van der Waals surface area contributed by atoms with Crippen molar-refractivity contribution in [2.75, 3.05) is 0 Å². The van der Waals surface area contributed by atoms with Crippen LogP contribution in [-0.4, -0.2) is 5.91 Å². The Bertz CT molecular complexity index is 462. The number of carbonyl (C=O) groups is 1. The highest BCUT2D eigenvalue weighted by Gasteiger charge is 2.54. The smallest absolute Gasteiger partial charge is 0.223 e. The van der Waals surface area contributed by atoms with Gasteiger partial charge < -0.3 is 5.32 Å². The number of nitrogens with one attached hydrogen (secondary N) is 1. The van der Waals surface area contributed by atoms with E-state index in [1.165, 1.54) is 36.8 Å². The molecule has 1 aromatic rings. The van der Waals surface area contributed by atoms with E-state index < -0.39 is 0 Å². The van der Waals surface area contributed by atoms with Gasteiger partial charge in [0.15, 0.2) is 0 Å². The largest absolute Gasteiger partial charge is 0.352 e. The van der Waals surface area contributed by atoms with Crippen LogP contribution >= 0.6 is 15.9 Å². The highest BCUT2D eigenvalue weighted by atomic mass is 79.9. The predicted molar refractivity (Wildman–Crippen MR) is 79.9 cm³/mol.